The molecule has 0 aromatic carbocycles. The van der Waals surface area contributed by atoms with Gasteiger partial charge in [-0.25, -0.2) is 9.59 Å². The number of rotatable bonds is 3. The fourth-order valence-corrected chi connectivity index (χ4v) is 9.57. The summed E-state index contributed by atoms with van der Waals surface area (Å²) in [5.74, 6) is -2.77. The number of furan rings is 1. The Morgan fingerprint density at radius 2 is 1.70 bits per heavy atom. The summed E-state index contributed by atoms with van der Waals surface area (Å²) in [6.07, 6.45) is 3.85. The van der Waals surface area contributed by atoms with Gasteiger partial charge in [-0.2, -0.15) is 0 Å². The molecule has 6 rings (SSSR count). The number of allylic oxidation sites excluding steroid dienone is 1. The number of hydrogen-bond donors (Lipinski definition) is 0. The Hall–Kier alpha value is -3.14. The maximum absolute atomic E-state index is 13.5. The Labute approximate surface area is 232 Å². The highest BCUT2D eigenvalue weighted by Gasteiger charge is 2.90. The molecule has 10 heteroatoms. The molecule has 10 nitrogen and oxygen atoms in total. The highest BCUT2D eigenvalue weighted by atomic mass is 16.7. The lowest BCUT2D eigenvalue weighted by atomic mass is 9.36. The van der Waals surface area contributed by atoms with Crippen molar-refractivity contribution in [1.29, 1.82) is 0 Å². The van der Waals surface area contributed by atoms with Crippen molar-refractivity contribution in [2.75, 3.05) is 0 Å². The minimum Gasteiger partial charge on any atom is -0.472 e. The Morgan fingerprint density at radius 1 is 1.00 bits per heavy atom. The smallest absolute Gasteiger partial charge is 0.339 e. The molecule has 10 atom stereocenters. The van der Waals surface area contributed by atoms with Crippen LogP contribution in [0.25, 0.3) is 0 Å². The van der Waals surface area contributed by atoms with Crippen molar-refractivity contribution in [2.24, 2.45) is 28.1 Å². The van der Waals surface area contributed by atoms with Crippen molar-refractivity contribution < 1.29 is 47.3 Å². The summed E-state index contributed by atoms with van der Waals surface area (Å²) >= 11 is 0. The van der Waals surface area contributed by atoms with E-state index < -0.39 is 81.7 Å². The van der Waals surface area contributed by atoms with Gasteiger partial charge in [0.2, 0.25) is 0 Å². The van der Waals surface area contributed by atoms with Crippen molar-refractivity contribution in [3.8, 4) is 0 Å². The summed E-state index contributed by atoms with van der Waals surface area (Å²) < 4.78 is 36.0. The molecule has 216 valence electrons. The zero-order valence-electron chi connectivity index (χ0n) is 23.8. The molecule has 1 aromatic heterocycles. The molecule has 40 heavy (non-hydrogen) atoms. The lowest BCUT2D eigenvalue weighted by Crippen LogP contribution is -2.75. The first-order valence-electron chi connectivity index (χ1n) is 13.8. The van der Waals surface area contributed by atoms with Crippen LogP contribution in [0.2, 0.25) is 0 Å². The lowest BCUT2D eigenvalue weighted by molar-refractivity contribution is -0.284. The molecule has 1 spiro atoms. The average Bonchev–Trinajstić information content (AvgIpc) is 3.43. The van der Waals surface area contributed by atoms with Crippen LogP contribution in [0.15, 0.2) is 35.2 Å². The van der Waals surface area contributed by atoms with E-state index in [1.807, 2.05) is 40.7 Å². The first-order valence-corrected chi connectivity index (χ1v) is 13.8. The number of carbonyl (C=O) groups is 4. The van der Waals surface area contributed by atoms with Crippen LogP contribution in [0.3, 0.4) is 0 Å². The second-order valence-corrected chi connectivity index (χ2v) is 13.2. The van der Waals surface area contributed by atoms with Crippen molar-refractivity contribution >= 4 is 23.9 Å². The third kappa shape index (κ3) is 3.25. The highest BCUT2D eigenvalue weighted by molar-refractivity contribution is 5.84. The van der Waals surface area contributed by atoms with Crippen molar-refractivity contribution in [3.63, 3.8) is 0 Å². The zero-order valence-corrected chi connectivity index (χ0v) is 23.8. The molecule has 4 fully saturated rings. The quantitative estimate of drug-likeness (QED) is 0.307. The molecule has 3 aliphatic heterocycles. The van der Waals surface area contributed by atoms with Gasteiger partial charge < -0.3 is 28.1 Å². The molecule has 2 saturated heterocycles. The normalized spacial score (nSPS) is 46.3. The van der Waals surface area contributed by atoms with Crippen molar-refractivity contribution in [3.05, 3.63) is 36.3 Å². The van der Waals surface area contributed by atoms with Crippen LogP contribution in [-0.2, 0) is 42.9 Å². The number of epoxide rings is 1. The van der Waals surface area contributed by atoms with Crippen LogP contribution in [-0.4, -0.2) is 53.4 Å². The third-order valence-corrected chi connectivity index (χ3v) is 10.7. The summed E-state index contributed by atoms with van der Waals surface area (Å²) in [5, 5.41) is 0. The van der Waals surface area contributed by atoms with E-state index in [1.54, 1.807) is 6.07 Å². The van der Waals surface area contributed by atoms with Crippen LogP contribution in [0.4, 0.5) is 0 Å². The van der Waals surface area contributed by atoms with Gasteiger partial charge in [-0.05, 0) is 38.2 Å². The number of carbonyl (C=O) groups excluding carboxylic acids is 4. The molecular formula is C30H36O10. The van der Waals surface area contributed by atoms with E-state index in [2.05, 4.69) is 0 Å². The minimum absolute atomic E-state index is 0.296. The Bertz CT molecular complexity index is 1310. The van der Waals surface area contributed by atoms with E-state index in [0.717, 1.165) is 0 Å². The predicted molar refractivity (Wildman–Crippen MR) is 136 cm³/mol. The second-order valence-electron chi connectivity index (χ2n) is 13.2. The fourth-order valence-electron chi connectivity index (χ4n) is 9.57. The van der Waals surface area contributed by atoms with E-state index >= 15 is 0 Å². The van der Waals surface area contributed by atoms with Gasteiger partial charge in [0.15, 0.2) is 6.10 Å². The Kier molecular flexibility index (Phi) is 5.55. The minimum atomic E-state index is -1.12. The first kappa shape index (κ1) is 27.1. The van der Waals surface area contributed by atoms with Crippen LogP contribution >= 0.6 is 0 Å². The van der Waals surface area contributed by atoms with Gasteiger partial charge in [0.05, 0.1) is 12.5 Å². The molecular weight excluding hydrogens is 520 g/mol. The van der Waals surface area contributed by atoms with Gasteiger partial charge in [-0.15, -0.1) is 0 Å². The Balaban J connectivity index is 1.63. The molecule has 0 N–H and O–H groups in total. The molecule has 4 heterocycles. The van der Waals surface area contributed by atoms with Gasteiger partial charge in [0.1, 0.15) is 29.5 Å². The largest absolute Gasteiger partial charge is 0.472 e. The summed E-state index contributed by atoms with van der Waals surface area (Å²) in [6.45, 7) is 12.4. The summed E-state index contributed by atoms with van der Waals surface area (Å²) in [6, 6.07) is 1.75. The topological polar surface area (TPSA) is 131 Å². The standard InChI is InChI=1S/C30H36O10/c1-15(31)36-18-13-28(6)23(17-9-11-35-14-17)38-25(34)24-30(28,40-24)29(7)20(37-16(2)32)12-19-26(3,4)39-21(33)8-10-27(19,5)22(18)29/h8-11,14,18-20,22-24H,12-13H2,1-7H3/t18-,19-,20+,22+,23-,24+,27-,28-,29+,30+/m0/s1. The first-order chi connectivity index (χ1) is 18.6. The SMILES string of the molecule is CC(=O)O[C@H]1C[C@@]2(C)[C@H](c3ccoc3)OC(=O)[C@H]3O[C@]32[C@@]2(C)[C@H]1[C@@]1(C)C=CC(=O)OC(C)(C)[C@@H]1C[C@H]2OC(C)=O. The van der Waals surface area contributed by atoms with E-state index in [0.29, 0.717) is 18.4 Å². The molecule has 0 bridgehead atoms. The molecule has 2 aliphatic carbocycles. The van der Waals surface area contributed by atoms with Crippen molar-refractivity contribution in [2.45, 2.75) is 96.9 Å². The van der Waals surface area contributed by atoms with E-state index in [1.165, 1.54) is 32.4 Å². The van der Waals surface area contributed by atoms with Crippen molar-refractivity contribution in [1.82, 2.24) is 0 Å². The maximum Gasteiger partial charge on any atom is 0.339 e. The molecule has 5 aliphatic rings. The van der Waals surface area contributed by atoms with E-state index in [9.17, 15) is 19.2 Å². The van der Waals surface area contributed by atoms with Crippen LogP contribution < -0.4 is 0 Å². The summed E-state index contributed by atoms with van der Waals surface area (Å²) in [4.78, 5) is 51.5. The fraction of sp³-hybridized carbons (Fsp3) is 0.667. The molecule has 0 amide bonds. The zero-order chi connectivity index (χ0) is 29.0. The predicted octanol–water partition coefficient (Wildman–Crippen LogP) is 3.83. The highest BCUT2D eigenvalue weighted by Crippen LogP contribution is 2.79. The average molecular weight is 557 g/mol. The lowest BCUT2D eigenvalue weighted by Gasteiger charge is -2.68. The van der Waals surface area contributed by atoms with Gasteiger partial charge in [-0.1, -0.05) is 26.8 Å². The Morgan fingerprint density at radius 3 is 2.33 bits per heavy atom. The third-order valence-electron chi connectivity index (χ3n) is 10.7. The number of ether oxygens (including phenoxy) is 5. The molecule has 1 aromatic rings. The van der Waals surface area contributed by atoms with Gasteiger partial charge in [-0.3, -0.25) is 9.59 Å². The van der Waals surface area contributed by atoms with Crippen LogP contribution in [0, 0.1) is 28.1 Å². The number of esters is 4. The van der Waals surface area contributed by atoms with Crippen LogP contribution in [0.5, 0.6) is 0 Å². The second kappa shape index (κ2) is 8.21. The van der Waals surface area contributed by atoms with Gasteiger partial charge in [0.25, 0.3) is 0 Å². The molecule has 0 radical (unpaired) electrons. The maximum atomic E-state index is 13.5. The van der Waals surface area contributed by atoms with Gasteiger partial charge >= 0.3 is 23.9 Å². The van der Waals surface area contributed by atoms with Gasteiger partial charge in [0, 0.05) is 48.2 Å². The van der Waals surface area contributed by atoms with E-state index in [-0.39, 0.29) is 5.92 Å². The number of cyclic esters (lactones) is 2. The molecule has 2 saturated carbocycles. The monoisotopic (exact) mass is 556 g/mol. The summed E-state index contributed by atoms with van der Waals surface area (Å²) in [7, 11) is 0. The van der Waals surface area contributed by atoms with E-state index in [4.69, 9.17) is 28.1 Å². The number of hydrogen-bond acceptors (Lipinski definition) is 10. The summed E-state index contributed by atoms with van der Waals surface area (Å²) in [5.41, 5.74) is -4.12. The molecule has 0 unspecified atom stereocenters. The number of fused-ring (bicyclic) bond motifs is 3. The van der Waals surface area contributed by atoms with Crippen LogP contribution in [0.1, 0.15) is 73.0 Å².